The molecule has 2 aromatic carbocycles. The molecule has 0 aliphatic carbocycles. The maximum atomic E-state index is 12.6. The van der Waals surface area contributed by atoms with Gasteiger partial charge in [-0.25, -0.2) is 18.0 Å². The van der Waals surface area contributed by atoms with Gasteiger partial charge in [0.25, 0.3) is 5.91 Å². The number of rotatable bonds is 7. The zero-order valence-electron chi connectivity index (χ0n) is 18.0. The number of urea groups is 1. The lowest BCUT2D eigenvalue weighted by Gasteiger charge is -2.26. The summed E-state index contributed by atoms with van der Waals surface area (Å²) in [6, 6.07) is 13.7. The number of esters is 1. The first-order valence-electron chi connectivity index (χ1n) is 10.3. The SMILES string of the molecule is CC(OC(=O)c1ccc(S(=O)(=O)N2CCOCC2)cc1)C(=O)NC(=O)NCc1ccccc1. The Balaban J connectivity index is 1.51. The number of nitrogens with one attached hydrogen (secondary N) is 2. The van der Waals surface area contributed by atoms with Gasteiger partial charge in [-0.1, -0.05) is 30.3 Å². The molecule has 1 fully saturated rings. The first kappa shape index (κ1) is 24.4. The summed E-state index contributed by atoms with van der Waals surface area (Å²) in [5.41, 5.74) is 0.933. The van der Waals surface area contributed by atoms with Crippen LogP contribution >= 0.6 is 0 Å². The predicted molar refractivity (Wildman–Crippen MR) is 118 cm³/mol. The second-order valence-corrected chi connectivity index (χ2v) is 9.18. The van der Waals surface area contributed by atoms with Crippen LogP contribution in [0.2, 0.25) is 0 Å². The minimum Gasteiger partial charge on any atom is -0.449 e. The molecule has 1 heterocycles. The third-order valence-electron chi connectivity index (χ3n) is 4.88. The molecule has 2 N–H and O–H groups in total. The lowest BCUT2D eigenvalue weighted by Crippen LogP contribution is -2.44. The van der Waals surface area contributed by atoms with Crippen molar-refractivity contribution >= 4 is 27.9 Å². The Kier molecular flexibility index (Phi) is 8.15. The van der Waals surface area contributed by atoms with E-state index < -0.39 is 34.0 Å². The second kappa shape index (κ2) is 11.0. The molecule has 1 saturated heterocycles. The number of hydrogen-bond donors (Lipinski definition) is 2. The Morgan fingerprint density at radius 1 is 1.03 bits per heavy atom. The summed E-state index contributed by atoms with van der Waals surface area (Å²) >= 11 is 0. The van der Waals surface area contributed by atoms with Crippen molar-refractivity contribution in [1.82, 2.24) is 14.9 Å². The number of sulfonamides is 1. The number of hydrogen-bond acceptors (Lipinski definition) is 7. The van der Waals surface area contributed by atoms with Crippen molar-refractivity contribution in [2.45, 2.75) is 24.5 Å². The molecule has 3 rings (SSSR count). The van der Waals surface area contributed by atoms with Crippen LogP contribution in [0.3, 0.4) is 0 Å². The van der Waals surface area contributed by atoms with E-state index in [1.54, 1.807) is 0 Å². The summed E-state index contributed by atoms with van der Waals surface area (Å²) < 4.78 is 36.9. The highest BCUT2D eigenvalue weighted by molar-refractivity contribution is 7.89. The first-order chi connectivity index (χ1) is 15.8. The van der Waals surface area contributed by atoms with Crippen LogP contribution in [0.15, 0.2) is 59.5 Å². The first-order valence-corrected chi connectivity index (χ1v) is 11.7. The van der Waals surface area contributed by atoms with E-state index in [0.717, 1.165) is 5.56 Å². The van der Waals surface area contributed by atoms with E-state index in [4.69, 9.17) is 9.47 Å². The van der Waals surface area contributed by atoms with Crippen LogP contribution in [0.4, 0.5) is 4.79 Å². The minimum atomic E-state index is -3.69. The van der Waals surface area contributed by atoms with E-state index in [0.29, 0.717) is 13.2 Å². The van der Waals surface area contributed by atoms with Gasteiger partial charge < -0.3 is 14.8 Å². The van der Waals surface area contributed by atoms with E-state index in [2.05, 4.69) is 10.6 Å². The van der Waals surface area contributed by atoms with Crippen LogP contribution < -0.4 is 10.6 Å². The molecule has 1 aliphatic heterocycles. The fourth-order valence-corrected chi connectivity index (χ4v) is 4.43. The van der Waals surface area contributed by atoms with E-state index in [1.165, 1.54) is 35.5 Å². The third kappa shape index (κ3) is 6.60. The lowest BCUT2D eigenvalue weighted by atomic mass is 10.2. The van der Waals surface area contributed by atoms with Gasteiger partial charge in [-0.3, -0.25) is 10.1 Å². The number of nitrogens with zero attached hydrogens (tertiary/aromatic N) is 1. The summed E-state index contributed by atoms with van der Waals surface area (Å²) in [5.74, 6) is -1.61. The zero-order valence-corrected chi connectivity index (χ0v) is 18.8. The lowest BCUT2D eigenvalue weighted by molar-refractivity contribution is -0.127. The Morgan fingerprint density at radius 2 is 1.67 bits per heavy atom. The minimum absolute atomic E-state index is 0.0434. The van der Waals surface area contributed by atoms with Crippen molar-refractivity contribution < 1.29 is 32.3 Å². The van der Waals surface area contributed by atoms with Gasteiger partial charge in [0.05, 0.1) is 23.7 Å². The average molecular weight is 476 g/mol. The van der Waals surface area contributed by atoms with Crippen molar-refractivity contribution in [2.24, 2.45) is 0 Å². The van der Waals surface area contributed by atoms with Gasteiger partial charge in [-0.05, 0) is 36.8 Å². The molecule has 10 nitrogen and oxygen atoms in total. The van der Waals surface area contributed by atoms with Crippen molar-refractivity contribution in [2.75, 3.05) is 26.3 Å². The highest BCUT2D eigenvalue weighted by Gasteiger charge is 2.27. The number of benzene rings is 2. The van der Waals surface area contributed by atoms with E-state index in [1.807, 2.05) is 30.3 Å². The monoisotopic (exact) mass is 475 g/mol. The number of carbonyl (C=O) groups is 3. The van der Waals surface area contributed by atoms with Gasteiger partial charge in [0.1, 0.15) is 0 Å². The zero-order chi connectivity index (χ0) is 23.8. The molecule has 0 aromatic heterocycles. The molecule has 1 aliphatic rings. The normalized spacial score (nSPS) is 15.3. The van der Waals surface area contributed by atoms with E-state index in [9.17, 15) is 22.8 Å². The molecule has 0 bridgehead atoms. The van der Waals surface area contributed by atoms with Crippen molar-refractivity contribution in [3.05, 3.63) is 65.7 Å². The summed E-state index contributed by atoms with van der Waals surface area (Å²) in [7, 11) is -3.69. The van der Waals surface area contributed by atoms with Crippen LogP contribution in [0.5, 0.6) is 0 Å². The molecule has 1 unspecified atom stereocenters. The van der Waals surface area contributed by atoms with Crippen molar-refractivity contribution in [3.63, 3.8) is 0 Å². The third-order valence-corrected chi connectivity index (χ3v) is 6.80. The summed E-state index contributed by atoms with van der Waals surface area (Å²) in [5, 5.41) is 4.65. The number of amides is 3. The molecule has 33 heavy (non-hydrogen) atoms. The van der Waals surface area contributed by atoms with Crippen LogP contribution in [-0.2, 0) is 30.8 Å². The average Bonchev–Trinajstić information content (AvgIpc) is 2.84. The number of imide groups is 1. The summed E-state index contributed by atoms with van der Waals surface area (Å²) in [6.07, 6.45) is -1.24. The summed E-state index contributed by atoms with van der Waals surface area (Å²) in [6.45, 7) is 2.74. The molecule has 0 radical (unpaired) electrons. The topological polar surface area (TPSA) is 131 Å². The highest BCUT2D eigenvalue weighted by atomic mass is 32.2. The molecular formula is C22H25N3O7S. The van der Waals surface area contributed by atoms with Crippen LogP contribution in [0, 0.1) is 0 Å². The molecule has 176 valence electrons. The smallest absolute Gasteiger partial charge is 0.338 e. The number of ether oxygens (including phenoxy) is 2. The molecule has 1 atom stereocenters. The maximum absolute atomic E-state index is 12.6. The number of carbonyl (C=O) groups excluding carboxylic acids is 3. The maximum Gasteiger partial charge on any atom is 0.338 e. The molecule has 0 saturated carbocycles. The molecule has 0 spiro atoms. The van der Waals surface area contributed by atoms with Gasteiger partial charge in [0.15, 0.2) is 6.10 Å². The van der Waals surface area contributed by atoms with Crippen LogP contribution in [0.1, 0.15) is 22.8 Å². The van der Waals surface area contributed by atoms with Gasteiger partial charge in [0.2, 0.25) is 10.0 Å². The second-order valence-electron chi connectivity index (χ2n) is 7.25. The Bertz CT molecular complexity index is 1080. The molecular weight excluding hydrogens is 450 g/mol. The standard InChI is InChI=1S/C22H25N3O7S/c1-16(20(26)24-22(28)23-15-17-5-3-2-4-6-17)32-21(27)18-7-9-19(10-8-18)33(29,30)25-11-13-31-14-12-25/h2-10,16H,11-15H2,1H3,(H2,23,24,26,28). The van der Waals surface area contributed by atoms with Crippen molar-refractivity contribution in [1.29, 1.82) is 0 Å². The summed E-state index contributed by atoms with van der Waals surface area (Å²) in [4.78, 5) is 36.4. The number of morpholine rings is 1. The Morgan fingerprint density at radius 3 is 2.30 bits per heavy atom. The predicted octanol–water partition coefficient (Wildman–Crippen LogP) is 1.28. The Hall–Kier alpha value is -3.28. The van der Waals surface area contributed by atoms with Crippen LogP contribution in [0.25, 0.3) is 0 Å². The van der Waals surface area contributed by atoms with E-state index >= 15 is 0 Å². The quantitative estimate of drug-likeness (QED) is 0.577. The largest absolute Gasteiger partial charge is 0.449 e. The van der Waals surface area contributed by atoms with Crippen molar-refractivity contribution in [3.8, 4) is 0 Å². The van der Waals surface area contributed by atoms with Gasteiger partial charge >= 0.3 is 12.0 Å². The van der Waals surface area contributed by atoms with E-state index in [-0.39, 0.29) is 30.1 Å². The molecule has 3 amide bonds. The molecule has 11 heteroatoms. The molecule has 2 aromatic rings. The fourth-order valence-electron chi connectivity index (χ4n) is 3.02. The Labute approximate surface area is 191 Å². The highest BCUT2D eigenvalue weighted by Crippen LogP contribution is 2.18. The van der Waals surface area contributed by atoms with Gasteiger partial charge in [0, 0.05) is 19.6 Å². The van der Waals surface area contributed by atoms with Gasteiger partial charge in [-0.2, -0.15) is 4.31 Å². The van der Waals surface area contributed by atoms with Gasteiger partial charge in [-0.15, -0.1) is 0 Å². The van der Waals surface area contributed by atoms with Crippen LogP contribution in [-0.4, -0.2) is 63.0 Å². The fraction of sp³-hybridized carbons (Fsp3) is 0.318.